The summed E-state index contributed by atoms with van der Waals surface area (Å²) in [6.07, 6.45) is 2.09. The van der Waals surface area contributed by atoms with E-state index in [1.165, 1.54) is 5.56 Å². The molecule has 1 atom stereocenters. The second-order valence-corrected chi connectivity index (χ2v) is 7.51. The maximum atomic E-state index is 5.64. The summed E-state index contributed by atoms with van der Waals surface area (Å²) in [7, 11) is 1.70. The molecule has 0 saturated carbocycles. The zero-order chi connectivity index (χ0) is 21.3. The Hall–Kier alpha value is -2.80. The Labute approximate surface area is 179 Å². The molecule has 1 fully saturated rings. The lowest BCUT2D eigenvalue weighted by atomic mass is 10.1. The van der Waals surface area contributed by atoms with E-state index in [1.807, 2.05) is 18.3 Å². The number of aryl methyl sites for hydroxylation is 1. The molecule has 3 rings (SSSR count). The summed E-state index contributed by atoms with van der Waals surface area (Å²) in [5, 5.41) is 6.71. The molecule has 2 heterocycles. The van der Waals surface area contributed by atoms with Gasteiger partial charge in [-0.05, 0) is 50.1 Å². The number of rotatable bonds is 7. The maximum absolute atomic E-state index is 5.64. The van der Waals surface area contributed by atoms with Crippen LogP contribution in [-0.4, -0.2) is 50.4 Å². The van der Waals surface area contributed by atoms with Crippen LogP contribution >= 0.6 is 0 Å². The Kier molecular flexibility index (Phi) is 7.90. The van der Waals surface area contributed by atoms with Crippen molar-refractivity contribution in [2.24, 2.45) is 4.99 Å². The minimum absolute atomic E-state index is 0.227. The first-order chi connectivity index (χ1) is 14.6. The molecule has 2 N–H and O–H groups in total. The van der Waals surface area contributed by atoms with E-state index in [2.05, 4.69) is 59.5 Å². The van der Waals surface area contributed by atoms with Crippen LogP contribution in [0.5, 0.6) is 5.75 Å². The first-order valence-electron chi connectivity index (χ1n) is 10.6. The lowest BCUT2D eigenvalue weighted by Crippen LogP contribution is -2.41. The highest BCUT2D eigenvalue weighted by atomic mass is 16.5. The van der Waals surface area contributed by atoms with Gasteiger partial charge in [0, 0.05) is 37.9 Å². The zero-order valence-electron chi connectivity index (χ0n) is 18.4. The maximum Gasteiger partial charge on any atom is 0.191 e. The number of anilines is 1. The number of benzene rings is 1. The van der Waals surface area contributed by atoms with Crippen LogP contribution in [0.3, 0.4) is 0 Å². The van der Waals surface area contributed by atoms with Crippen LogP contribution in [-0.2, 0) is 17.8 Å². The van der Waals surface area contributed by atoms with Gasteiger partial charge in [-0.25, -0.2) is 9.98 Å². The van der Waals surface area contributed by atoms with Crippen molar-refractivity contribution >= 4 is 11.8 Å². The molecular formula is C23H33N5O2. The number of nitrogens with one attached hydrogen (secondary N) is 2. The van der Waals surface area contributed by atoms with Gasteiger partial charge < -0.3 is 25.0 Å². The molecule has 0 bridgehead atoms. The highest BCUT2D eigenvalue weighted by Gasteiger charge is 2.18. The van der Waals surface area contributed by atoms with Gasteiger partial charge in [-0.1, -0.05) is 12.1 Å². The third kappa shape index (κ3) is 6.10. The van der Waals surface area contributed by atoms with Crippen LogP contribution in [0.2, 0.25) is 0 Å². The van der Waals surface area contributed by atoms with Crippen molar-refractivity contribution in [3.05, 3.63) is 53.2 Å². The summed E-state index contributed by atoms with van der Waals surface area (Å²) in [6, 6.07) is 10.4. The highest BCUT2D eigenvalue weighted by Crippen LogP contribution is 2.20. The van der Waals surface area contributed by atoms with E-state index >= 15 is 0 Å². The van der Waals surface area contributed by atoms with Gasteiger partial charge in [-0.15, -0.1) is 0 Å². The number of aromatic nitrogens is 1. The monoisotopic (exact) mass is 411 g/mol. The molecule has 7 nitrogen and oxygen atoms in total. The molecule has 1 aliphatic heterocycles. The van der Waals surface area contributed by atoms with E-state index in [0.717, 1.165) is 54.9 Å². The van der Waals surface area contributed by atoms with Crippen LogP contribution in [0.4, 0.5) is 5.82 Å². The molecule has 2 aromatic rings. The number of hydrogen-bond acceptors (Lipinski definition) is 5. The van der Waals surface area contributed by atoms with E-state index in [4.69, 9.17) is 14.5 Å². The minimum atomic E-state index is 0.227. The summed E-state index contributed by atoms with van der Waals surface area (Å²) in [6.45, 7) is 10.7. The molecule has 7 heteroatoms. The molecule has 0 amide bonds. The van der Waals surface area contributed by atoms with Gasteiger partial charge in [0.15, 0.2) is 5.96 Å². The standard InChI is InChI=1S/C23H33N5O2/c1-5-24-23(27-15-20-7-6-17(2)12-21(20)29-4)26-14-19-8-9-25-22(13-19)28-10-11-30-18(3)16-28/h6-9,12-13,18H,5,10-11,14-16H2,1-4H3,(H2,24,26,27). The lowest BCUT2D eigenvalue weighted by Gasteiger charge is -2.32. The summed E-state index contributed by atoms with van der Waals surface area (Å²) in [5.41, 5.74) is 3.41. The van der Waals surface area contributed by atoms with Gasteiger partial charge in [0.25, 0.3) is 0 Å². The lowest BCUT2D eigenvalue weighted by molar-refractivity contribution is 0.0529. The predicted molar refractivity (Wildman–Crippen MR) is 121 cm³/mol. The fourth-order valence-electron chi connectivity index (χ4n) is 3.45. The van der Waals surface area contributed by atoms with Crippen molar-refractivity contribution < 1.29 is 9.47 Å². The van der Waals surface area contributed by atoms with Gasteiger partial charge in [0.05, 0.1) is 26.4 Å². The molecule has 0 aliphatic carbocycles. The van der Waals surface area contributed by atoms with E-state index in [9.17, 15) is 0 Å². The molecule has 1 aliphatic rings. The van der Waals surface area contributed by atoms with Crippen LogP contribution in [0.1, 0.15) is 30.5 Å². The van der Waals surface area contributed by atoms with Crippen molar-refractivity contribution in [2.45, 2.75) is 40.0 Å². The molecule has 1 aromatic heterocycles. The topological polar surface area (TPSA) is 71.0 Å². The third-order valence-electron chi connectivity index (χ3n) is 5.03. The van der Waals surface area contributed by atoms with E-state index < -0.39 is 0 Å². The molecule has 0 spiro atoms. The Morgan fingerprint density at radius 2 is 2.17 bits per heavy atom. The molecule has 30 heavy (non-hydrogen) atoms. The Morgan fingerprint density at radius 1 is 1.30 bits per heavy atom. The van der Waals surface area contributed by atoms with Crippen molar-refractivity contribution in [2.75, 3.05) is 38.3 Å². The molecule has 1 unspecified atom stereocenters. The summed E-state index contributed by atoms with van der Waals surface area (Å²) in [5.74, 6) is 2.65. The largest absolute Gasteiger partial charge is 0.496 e. The quantitative estimate of drug-likeness (QED) is 0.539. The van der Waals surface area contributed by atoms with Crippen molar-refractivity contribution in [3.63, 3.8) is 0 Å². The van der Waals surface area contributed by atoms with Gasteiger partial charge in [0.1, 0.15) is 11.6 Å². The van der Waals surface area contributed by atoms with Gasteiger partial charge in [-0.2, -0.15) is 0 Å². The van der Waals surface area contributed by atoms with Gasteiger partial charge in [0.2, 0.25) is 0 Å². The van der Waals surface area contributed by atoms with Crippen LogP contribution in [0.15, 0.2) is 41.5 Å². The summed E-state index contributed by atoms with van der Waals surface area (Å²) >= 11 is 0. The minimum Gasteiger partial charge on any atom is -0.496 e. The Morgan fingerprint density at radius 3 is 2.93 bits per heavy atom. The van der Waals surface area contributed by atoms with Crippen molar-refractivity contribution in [1.82, 2.24) is 15.6 Å². The van der Waals surface area contributed by atoms with Crippen LogP contribution < -0.4 is 20.3 Å². The number of morpholine rings is 1. The number of methoxy groups -OCH3 is 1. The number of nitrogens with zero attached hydrogens (tertiary/aromatic N) is 3. The number of hydrogen-bond donors (Lipinski definition) is 2. The fourth-order valence-corrected chi connectivity index (χ4v) is 3.45. The average Bonchev–Trinajstić information content (AvgIpc) is 2.76. The first kappa shape index (κ1) is 21.9. The van der Waals surface area contributed by atoms with Crippen molar-refractivity contribution in [1.29, 1.82) is 0 Å². The molecule has 0 radical (unpaired) electrons. The molecule has 1 aromatic carbocycles. The molecule has 162 valence electrons. The number of aliphatic imine (C=N–C) groups is 1. The summed E-state index contributed by atoms with van der Waals surface area (Å²) < 4.78 is 11.1. The molecule has 1 saturated heterocycles. The first-order valence-corrected chi connectivity index (χ1v) is 10.6. The van der Waals surface area contributed by atoms with E-state index in [-0.39, 0.29) is 6.10 Å². The fraction of sp³-hybridized carbons (Fsp3) is 0.478. The van der Waals surface area contributed by atoms with Crippen LogP contribution in [0, 0.1) is 6.92 Å². The number of pyridine rings is 1. The van der Waals surface area contributed by atoms with Gasteiger partial charge >= 0.3 is 0 Å². The second-order valence-electron chi connectivity index (χ2n) is 7.51. The number of guanidine groups is 1. The molecular weight excluding hydrogens is 378 g/mol. The number of ether oxygens (including phenoxy) is 2. The van der Waals surface area contributed by atoms with E-state index in [0.29, 0.717) is 13.1 Å². The predicted octanol–water partition coefficient (Wildman–Crippen LogP) is 2.88. The zero-order valence-corrected chi connectivity index (χ0v) is 18.4. The average molecular weight is 412 g/mol. The normalized spacial score (nSPS) is 17.0. The Balaban J connectivity index is 1.65. The Bertz CT molecular complexity index is 855. The van der Waals surface area contributed by atoms with Gasteiger partial charge in [-0.3, -0.25) is 0 Å². The van der Waals surface area contributed by atoms with Crippen molar-refractivity contribution in [3.8, 4) is 5.75 Å². The SMILES string of the molecule is CCNC(=NCc1ccnc(N2CCOC(C)C2)c1)NCc1ccc(C)cc1OC. The summed E-state index contributed by atoms with van der Waals surface area (Å²) in [4.78, 5) is 11.6. The van der Waals surface area contributed by atoms with Crippen LogP contribution in [0.25, 0.3) is 0 Å². The third-order valence-corrected chi connectivity index (χ3v) is 5.03. The smallest absolute Gasteiger partial charge is 0.191 e. The highest BCUT2D eigenvalue weighted by molar-refractivity contribution is 5.79. The second kappa shape index (κ2) is 10.8. The van der Waals surface area contributed by atoms with E-state index in [1.54, 1.807) is 7.11 Å².